The Morgan fingerprint density at radius 1 is 1.08 bits per heavy atom. The van der Waals surface area contributed by atoms with Gasteiger partial charge in [0.05, 0.1) is 10.0 Å². The van der Waals surface area contributed by atoms with Crippen molar-refractivity contribution >= 4 is 51.4 Å². The zero-order valence-corrected chi connectivity index (χ0v) is 16.0. The molecule has 2 N–H and O–H groups in total. The molecule has 134 valence electrons. The van der Waals surface area contributed by atoms with Gasteiger partial charge in [-0.1, -0.05) is 52.2 Å². The number of ether oxygens (including phenoxy) is 1. The fourth-order valence-electron chi connectivity index (χ4n) is 1.98. The largest absolute Gasteiger partial charge is 0.486 e. The number of rotatable bonds is 5. The van der Waals surface area contributed by atoms with Gasteiger partial charge in [-0.15, -0.1) is 10.2 Å². The minimum atomic E-state index is -0.453. The number of hydrogen-bond acceptors (Lipinski definition) is 5. The zero-order chi connectivity index (χ0) is 18.5. The molecule has 6 nitrogen and oxygen atoms in total. The summed E-state index contributed by atoms with van der Waals surface area (Å²) >= 11 is 13.0. The zero-order valence-electron chi connectivity index (χ0n) is 13.6. The lowest BCUT2D eigenvalue weighted by atomic mass is 10.2. The molecule has 0 saturated heterocycles. The van der Waals surface area contributed by atoms with Crippen molar-refractivity contribution in [3.05, 3.63) is 63.1 Å². The standard InChI is InChI=1S/C17H14Cl2N4O2S/c1-10-2-5-12(6-3-10)25-9-15-22-23-17(26-15)21-16(24)20-11-4-7-13(18)14(19)8-11/h2-8H,9H2,1H3,(H2,20,21,23,24). The molecule has 0 bridgehead atoms. The number of urea groups is 1. The topological polar surface area (TPSA) is 76.1 Å². The number of anilines is 2. The quantitative estimate of drug-likeness (QED) is 0.594. The van der Waals surface area contributed by atoms with Crippen molar-refractivity contribution in [1.29, 1.82) is 0 Å². The number of carbonyl (C=O) groups is 1. The highest BCUT2D eigenvalue weighted by molar-refractivity contribution is 7.15. The third-order valence-corrected chi connectivity index (χ3v) is 4.80. The predicted octanol–water partition coefficient (Wildman–Crippen LogP) is 5.38. The van der Waals surface area contributed by atoms with Gasteiger partial charge in [0.15, 0.2) is 5.01 Å². The lowest BCUT2D eigenvalue weighted by Crippen LogP contribution is -2.19. The van der Waals surface area contributed by atoms with Crippen LogP contribution in [-0.2, 0) is 6.61 Å². The molecule has 0 unspecified atom stereocenters. The fourth-order valence-corrected chi connectivity index (χ4v) is 2.92. The van der Waals surface area contributed by atoms with Gasteiger partial charge in [-0.25, -0.2) is 4.79 Å². The molecule has 9 heteroatoms. The van der Waals surface area contributed by atoms with Crippen molar-refractivity contribution in [1.82, 2.24) is 10.2 Å². The van der Waals surface area contributed by atoms with Crippen molar-refractivity contribution in [2.24, 2.45) is 0 Å². The van der Waals surface area contributed by atoms with E-state index < -0.39 is 6.03 Å². The van der Waals surface area contributed by atoms with E-state index >= 15 is 0 Å². The first kappa shape index (κ1) is 18.4. The first-order valence-corrected chi connectivity index (χ1v) is 9.12. The maximum Gasteiger partial charge on any atom is 0.325 e. The Morgan fingerprint density at radius 3 is 2.58 bits per heavy atom. The van der Waals surface area contributed by atoms with Gasteiger partial charge in [0, 0.05) is 5.69 Å². The summed E-state index contributed by atoms with van der Waals surface area (Å²) in [6.45, 7) is 2.28. The molecule has 0 aliphatic heterocycles. The van der Waals surface area contributed by atoms with Crippen LogP contribution in [0.5, 0.6) is 5.75 Å². The Hall–Kier alpha value is -2.35. The second kappa shape index (κ2) is 8.35. The van der Waals surface area contributed by atoms with Gasteiger partial charge in [0.2, 0.25) is 5.13 Å². The minimum absolute atomic E-state index is 0.275. The Labute approximate surface area is 164 Å². The number of halogens is 2. The number of aromatic nitrogens is 2. The third-order valence-electron chi connectivity index (χ3n) is 3.25. The van der Waals surface area contributed by atoms with Gasteiger partial charge in [-0.3, -0.25) is 5.32 Å². The van der Waals surface area contributed by atoms with Crippen LogP contribution in [0.4, 0.5) is 15.6 Å². The Balaban J connectivity index is 1.53. The average Bonchev–Trinajstić information content (AvgIpc) is 3.05. The van der Waals surface area contributed by atoms with Crippen LogP contribution in [0.15, 0.2) is 42.5 Å². The van der Waals surface area contributed by atoms with Crippen molar-refractivity contribution in [2.75, 3.05) is 10.6 Å². The molecule has 3 aromatic rings. The monoisotopic (exact) mass is 408 g/mol. The lowest BCUT2D eigenvalue weighted by Gasteiger charge is -2.06. The molecular weight excluding hydrogens is 395 g/mol. The molecule has 1 heterocycles. The number of carbonyl (C=O) groups excluding carboxylic acids is 1. The molecule has 0 fully saturated rings. The molecule has 2 amide bonds. The van der Waals surface area contributed by atoms with Crippen LogP contribution in [0.3, 0.4) is 0 Å². The van der Waals surface area contributed by atoms with Crippen LogP contribution in [0.25, 0.3) is 0 Å². The normalized spacial score (nSPS) is 10.4. The minimum Gasteiger partial charge on any atom is -0.486 e. The molecule has 0 radical (unpaired) electrons. The second-order valence-electron chi connectivity index (χ2n) is 5.31. The van der Waals surface area contributed by atoms with E-state index in [1.54, 1.807) is 18.2 Å². The third kappa shape index (κ3) is 5.08. The predicted molar refractivity (Wildman–Crippen MR) is 105 cm³/mol. The average molecular weight is 409 g/mol. The van der Waals surface area contributed by atoms with E-state index in [1.807, 2.05) is 31.2 Å². The molecule has 3 rings (SSSR count). The van der Waals surface area contributed by atoms with Crippen molar-refractivity contribution in [3.8, 4) is 5.75 Å². The summed E-state index contributed by atoms with van der Waals surface area (Å²) in [5, 5.41) is 15.0. The summed E-state index contributed by atoms with van der Waals surface area (Å²) in [6, 6.07) is 12.1. The molecule has 1 aromatic heterocycles. The molecule has 0 aliphatic rings. The SMILES string of the molecule is Cc1ccc(OCc2nnc(NC(=O)Nc3ccc(Cl)c(Cl)c3)s2)cc1. The van der Waals surface area contributed by atoms with Gasteiger partial charge in [0.1, 0.15) is 12.4 Å². The summed E-state index contributed by atoms with van der Waals surface area (Å²) in [7, 11) is 0. The Morgan fingerprint density at radius 2 is 1.85 bits per heavy atom. The van der Waals surface area contributed by atoms with Crippen molar-refractivity contribution < 1.29 is 9.53 Å². The number of amides is 2. The lowest BCUT2D eigenvalue weighted by molar-refractivity contribution is 0.262. The summed E-state index contributed by atoms with van der Waals surface area (Å²) in [5.74, 6) is 0.748. The van der Waals surface area contributed by atoms with Crippen LogP contribution < -0.4 is 15.4 Å². The first-order chi connectivity index (χ1) is 12.5. The maximum atomic E-state index is 12.0. The van der Waals surface area contributed by atoms with Crippen LogP contribution >= 0.6 is 34.5 Å². The molecule has 2 aromatic carbocycles. The van der Waals surface area contributed by atoms with E-state index in [0.717, 1.165) is 11.3 Å². The smallest absolute Gasteiger partial charge is 0.325 e. The number of hydrogen-bond donors (Lipinski definition) is 2. The van der Waals surface area contributed by atoms with Crippen LogP contribution in [0, 0.1) is 6.92 Å². The van der Waals surface area contributed by atoms with Gasteiger partial charge in [-0.2, -0.15) is 0 Å². The van der Waals surface area contributed by atoms with E-state index in [9.17, 15) is 4.79 Å². The van der Waals surface area contributed by atoms with Gasteiger partial charge >= 0.3 is 6.03 Å². The van der Waals surface area contributed by atoms with Crippen molar-refractivity contribution in [3.63, 3.8) is 0 Å². The van der Waals surface area contributed by atoms with E-state index in [0.29, 0.717) is 25.9 Å². The molecule has 26 heavy (non-hydrogen) atoms. The number of nitrogens with zero attached hydrogens (tertiary/aromatic N) is 2. The molecule has 0 saturated carbocycles. The van der Waals surface area contributed by atoms with Crippen LogP contribution in [0.1, 0.15) is 10.6 Å². The molecule has 0 aliphatic carbocycles. The number of nitrogens with one attached hydrogen (secondary N) is 2. The molecular formula is C17H14Cl2N4O2S. The van der Waals surface area contributed by atoms with E-state index in [2.05, 4.69) is 20.8 Å². The van der Waals surface area contributed by atoms with Crippen molar-refractivity contribution in [2.45, 2.75) is 13.5 Å². The van der Waals surface area contributed by atoms with Crippen LogP contribution in [-0.4, -0.2) is 16.2 Å². The molecule has 0 spiro atoms. The van der Waals surface area contributed by atoms with Gasteiger partial charge in [0.25, 0.3) is 0 Å². The first-order valence-electron chi connectivity index (χ1n) is 7.54. The highest BCUT2D eigenvalue weighted by atomic mass is 35.5. The van der Waals surface area contributed by atoms with Gasteiger partial charge < -0.3 is 10.1 Å². The Bertz CT molecular complexity index is 915. The second-order valence-corrected chi connectivity index (χ2v) is 7.19. The Kier molecular flexibility index (Phi) is 5.92. The maximum absolute atomic E-state index is 12.0. The van der Waals surface area contributed by atoms with E-state index in [1.165, 1.54) is 11.3 Å². The summed E-state index contributed by atoms with van der Waals surface area (Å²) in [4.78, 5) is 12.0. The highest BCUT2D eigenvalue weighted by Gasteiger charge is 2.10. The summed E-state index contributed by atoms with van der Waals surface area (Å²) in [5.41, 5.74) is 1.68. The number of aryl methyl sites for hydroxylation is 1. The molecule has 0 atom stereocenters. The summed E-state index contributed by atoms with van der Waals surface area (Å²) in [6.07, 6.45) is 0. The number of benzene rings is 2. The van der Waals surface area contributed by atoms with E-state index in [-0.39, 0.29) is 6.61 Å². The van der Waals surface area contributed by atoms with Crippen LogP contribution in [0.2, 0.25) is 10.0 Å². The van der Waals surface area contributed by atoms with Gasteiger partial charge in [-0.05, 0) is 37.3 Å². The summed E-state index contributed by atoms with van der Waals surface area (Å²) < 4.78 is 5.64. The highest BCUT2D eigenvalue weighted by Crippen LogP contribution is 2.25. The fraction of sp³-hybridized carbons (Fsp3) is 0.118. The van der Waals surface area contributed by atoms with E-state index in [4.69, 9.17) is 27.9 Å².